The molecule has 5 heteroatoms. The number of hydrogen-bond donors (Lipinski definition) is 4. The van der Waals surface area contributed by atoms with Gasteiger partial charge in [0.1, 0.15) is 0 Å². The molecule has 0 unspecified atom stereocenters. The number of nitrogens with zero attached hydrogens (tertiary/aromatic N) is 1. The maximum Gasteiger partial charge on any atom is 0.198 e. The number of rotatable bonds is 0. The summed E-state index contributed by atoms with van der Waals surface area (Å²) >= 11 is 0. The number of fused-ring (bicyclic) bond motifs is 2. The molecule has 0 aliphatic carbocycles. The normalized spacial score (nSPS) is 10.4. The Balaban J connectivity index is 0.000000121. The summed E-state index contributed by atoms with van der Waals surface area (Å²) in [7, 11) is 0. The minimum atomic E-state index is 0.473. The third-order valence-corrected chi connectivity index (χ3v) is 2.99. The molecule has 0 radical (unpaired) electrons. The average molecular weight is 265 g/mol. The lowest BCUT2D eigenvalue weighted by atomic mass is 10.2. The van der Waals surface area contributed by atoms with Gasteiger partial charge in [0.2, 0.25) is 0 Å². The van der Waals surface area contributed by atoms with E-state index in [2.05, 4.69) is 15.0 Å². The van der Waals surface area contributed by atoms with E-state index < -0.39 is 0 Å². The standard InChI is InChI=1S/C8H8N2.C7H7N3/c9-7-1-2-8-6(5-7)3-4-10-8;8-7-9-5-3-1-2-4-6(5)10-7/h1-5,10H,9H2;1-4H,(H3,8,9,10). The molecule has 6 N–H and O–H groups in total. The third kappa shape index (κ3) is 2.42. The topological polar surface area (TPSA) is 96.5 Å². The molecule has 0 aliphatic heterocycles. The minimum absolute atomic E-state index is 0.473. The Labute approximate surface area is 115 Å². The second kappa shape index (κ2) is 4.97. The van der Waals surface area contributed by atoms with Crippen molar-refractivity contribution >= 4 is 33.6 Å². The molecular formula is C15H15N5. The molecule has 4 rings (SSSR count). The molecule has 4 aromatic rings. The Morgan fingerprint density at radius 2 is 1.75 bits per heavy atom. The van der Waals surface area contributed by atoms with Crippen molar-refractivity contribution in [2.24, 2.45) is 0 Å². The Kier molecular flexibility index (Phi) is 3.01. The van der Waals surface area contributed by atoms with Crippen molar-refractivity contribution < 1.29 is 0 Å². The van der Waals surface area contributed by atoms with Gasteiger partial charge in [-0.2, -0.15) is 0 Å². The minimum Gasteiger partial charge on any atom is -0.399 e. The number of nitrogen functional groups attached to an aromatic ring is 2. The van der Waals surface area contributed by atoms with E-state index in [-0.39, 0.29) is 0 Å². The molecule has 0 saturated heterocycles. The van der Waals surface area contributed by atoms with Crippen molar-refractivity contribution in [3.05, 3.63) is 54.7 Å². The Hall–Kier alpha value is -2.95. The predicted octanol–water partition coefficient (Wildman–Crippen LogP) is 2.90. The zero-order valence-electron chi connectivity index (χ0n) is 10.8. The van der Waals surface area contributed by atoms with Crippen molar-refractivity contribution in [1.82, 2.24) is 15.0 Å². The van der Waals surface area contributed by atoms with Crippen LogP contribution in [0.3, 0.4) is 0 Å². The van der Waals surface area contributed by atoms with Gasteiger partial charge in [-0.1, -0.05) is 12.1 Å². The van der Waals surface area contributed by atoms with Crippen LogP contribution in [0, 0.1) is 0 Å². The van der Waals surface area contributed by atoms with Crippen molar-refractivity contribution in [3.8, 4) is 0 Å². The van der Waals surface area contributed by atoms with Crippen LogP contribution < -0.4 is 11.5 Å². The maximum atomic E-state index is 5.57. The van der Waals surface area contributed by atoms with Gasteiger partial charge >= 0.3 is 0 Å². The van der Waals surface area contributed by atoms with Crippen molar-refractivity contribution in [1.29, 1.82) is 0 Å². The molecule has 0 spiro atoms. The first-order chi connectivity index (χ1) is 9.72. The Bertz CT molecular complexity index is 810. The van der Waals surface area contributed by atoms with Gasteiger partial charge in [0.05, 0.1) is 11.0 Å². The lowest BCUT2D eigenvalue weighted by molar-refractivity contribution is 1.35. The second-order valence-corrected chi connectivity index (χ2v) is 4.46. The first kappa shape index (κ1) is 12.1. The molecule has 100 valence electrons. The molecule has 2 aromatic carbocycles. The van der Waals surface area contributed by atoms with Crippen molar-refractivity contribution in [3.63, 3.8) is 0 Å². The first-order valence-corrected chi connectivity index (χ1v) is 6.25. The quantitative estimate of drug-likeness (QED) is 0.368. The van der Waals surface area contributed by atoms with E-state index in [9.17, 15) is 0 Å². The fourth-order valence-corrected chi connectivity index (χ4v) is 2.04. The van der Waals surface area contributed by atoms with Gasteiger partial charge < -0.3 is 21.4 Å². The summed E-state index contributed by atoms with van der Waals surface area (Å²) in [5, 5.41) is 1.17. The SMILES string of the molecule is Nc1ccc2[nH]ccc2c1.Nc1nc2ccccc2[nH]1. The van der Waals surface area contributed by atoms with Crippen LogP contribution in [-0.2, 0) is 0 Å². The molecule has 5 nitrogen and oxygen atoms in total. The predicted molar refractivity (Wildman–Crippen MR) is 83.2 cm³/mol. The number of aromatic amines is 2. The van der Waals surface area contributed by atoms with Crippen LogP contribution in [0.15, 0.2) is 54.7 Å². The van der Waals surface area contributed by atoms with Gasteiger partial charge in [-0.25, -0.2) is 4.98 Å². The number of imidazole rings is 1. The highest BCUT2D eigenvalue weighted by molar-refractivity contribution is 5.82. The smallest absolute Gasteiger partial charge is 0.198 e. The number of hydrogen-bond acceptors (Lipinski definition) is 3. The van der Waals surface area contributed by atoms with Crippen LogP contribution in [0.25, 0.3) is 21.9 Å². The van der Waals surface area contributed by atoms with E-state index in [1.165, 1.54) is 5.39 Å². The van der Waals surface area contributed by atoms with Gasteiger partial charge in [-0.15, -0.1) is 0 Å². The third-order valence-electron chi connectivity index (χ3n) is 2.99. The van der Waals surface area contributed by atoms with E-state index >= 15 is 0 Å². The molecule has 2 aromatic heterocycles. The van der Waals surface area contributed by atoms with Crippen molar-refractivity contribution in [2.75, 3.05) is 11.5 Å². The number of para-hydroxylation sites is 2. The van der Waals surface area contributed by atoms with E-state index in [4.69, 9.17) is 11.5 Å². The Morgan fingerprint density at radius 3 is 2.60 bits per heavy atom. The molecule has 0 fully saturated rings. The molecule has 0 atom stereocenters. The monoisotopic (exact) mass is 265 g/mol. The number of aromatic nitrogens is 3. The number of nitrogens with one attached hydrogen (secondary N) is 2. The van der Waals surface area contributed by atoms with Crippen LogP contribution in [0.5, 0.6) is 0 Å². The van der Waals surface area contributed by atoms with E-state index in [1.807, 2.05) is 54.7 Å². The maximum absolute atomic E-state index is 5.57. The van der Waals surface area contributed by atoms with Crippen LogP contribution in [-0.4, -0.2) is 15.0 Å². The first-order valence-electron chi connectivity index (χ1n) is 6.25. The van der Waals surface area contributed by atoms with E-state index in [0.717, 1.165) is 22.2 Å². The molecule has 20 heavy (non-hydrogen) atoms. The molecule has 0 amide bonds. The number of H-pyrrole nitrogens is 2. The fourth-order valence-electron chi connectivity index (χ4n) is 2.04. The summed E-state index contributed by atoms with van der Waals surface area (Å²) in [6, 6.07) is 15.6. The summed E-state index contributed by atoms with van der Waals surface area (Å²) < 4.78 is 0. The summed E-state index contributed by atoms with van der Waals surface area (Å²) in [5.41, 5.74) is 14.8. The molecule has 0 saturated carbocycles. The van der Waals surface area contributed by atoms with Gasteiger partial charge in [-0.3, -0.25) is 0 Å². The lowest BCUT2D eigenvalue weighted by Crippen LogP contribution is -1.84. The molecule has 0 aliphatic rings. The van der Waals surface area contributed by atoms with E-state index in [0.29, 0.717) is 5.95 Å². The zero-order chi connectivity index (χ0) is 13.9. The average Bonchev–Trinajstić information content (AvgIpc) is 3.03. The lowest BCUT2D eigenvalue weighted by Gasteiger charge is -1.90. The van der Waals surface area contributed by atoms with Gasteiger partial charge in [-0.05, 0) is 36.4 Å². The zero-order valence-corrected chi connectivity index (χ0v) is 10.8. The second-order valence-electron chi connectivity index (χ2n) is 4.46. The summed E-state index contributed by atoms with van der Waals surface area (Å²) in [6.07, 6.45) is 1.91. The summed E-state index contributed by atoms with van der Waals surface area (Å²) in [6.45, 7) is 0. The largest absolute Gasteiger partial charge is 0.399 e. The highest BCUT2D eigenvalue weighted by Crippen LogP contribution is 2.14. The van der Waals surface area contributed by atoms with Gasteiger partial charge in [0, 0.05) is 22.8 Å². The molecule has 2 heterocycles. The molecule has 0 bridgehead atoms. The highest BCUT2D eigenvalue weighted by Gasteiger charge is 1.94. The Morgan fingerprint density at radius 1 is 0.900 bits per heavy atom. The summed E-state index contributed by atoms with van der Waals surface area (Å²) in [5.74, 6) is 0.473. The summed E-state index contributed by atoms with van der Waals surface area (Å²) in [4.78, 5) is 10.1. The van der Waals surface area contributed by atoms with Crippen molar-refractivity contribution in [2.45, 2.75) is 0 Å². The van der Waals surface area contributed by atoms with Gasteiger partial charge in [0.15, 0.2) is 5.95 Å². The highest BCUT2D eigenvalue weighted by atomic mass is 15.0. The number of nitrogens with two attached hydrogens (primary N) is 2. The number of benzene rings is 2. The van der Waals surface area contributed by atoms with Crippen LogP contribution in [0.4, 0.5) is 11.6 Å². The van der Waals surface area contributed by atoms with Gasteiger partial charge in [0.25, 0.3) is 0 Å². The van der Waals surface area contributed by atoms with E-state index in [1.54, 1.807) is 0 Å². The van der Waals surface area contributed by atoms with Crippen LogP contribution >= 0.6 is 0 Å². The van der Waals surface area contributed by atoms with Crippen LogP contribution in [0.1, 0.15) is 0 Å². The molecular weight excluding hydrogens is 250 g/mol. The number of anilines is 2. The van der Waals surface area contributed by atoms with Crippen LogP contribution in [0.2, 0.25) is 0 Å². The fraction of sp³-hybridized carbons (Fsp3) is 0.